The molecule has 0 aromatic carbocycles. The molecule has 8 atom stereocenters. The van der Waals surface area contributed by atoms with E-state index in [1.54, 1.807) is 19.1 Å². The zero-order valence-corrected chi connectivity index (χ0v) is 14.1. The minimum absolute atomic E-state index is 0.180. The van der Waals surface area contributed by atoms with E-state index < -0.39 is 51.9 Å². The molecule has 1 saturated heterocycles. The van der Waals surface area contributed by atoms with Crippen LogP contribution in [0.2, 0.25) is 0 Å². The first-order chi connectivity index (χ1) is 11.6. The number of hydrogen-bond donors (Lipinski definition) is 3. The lowest BCUT2D eigenvalue weighted by Gasteiger charge is -2.44. The summed E-state index contributed by atoms with van der Waals surface area (Å²) in [6, 6.07) is 0. The predicted molar refractivity (Wildman–Crippen MR) is 85.2 cm³/mol. The Morgan fingerprint density at radius 3 is 2.84 bits per heavy atom. The van der Waals surface area contributed by atoms with E-state index in [-0.39, 0.29) is 5.92 Å². The number of carboxylic acids is 1. The third-order valence-corrected chi connectivity index (χ3v) is 8.12. The molecule has 25 heavy (non-hydrogen) atoms. The van der Waals surface area contributed by atoms with Crippen LogP contribution < -0.4 is 0 Å². The highest BCUT2D eigenvalue weighted by atomic mass is 16.6. The lowest BCUT2D eigenvalue weighted by atomic mass is 9.61. The first-order valence-corrected chi connectivity index (χ1v) is 8.86. The largest absolute Gasteiger partial charge is 0.481 e. The Bertz CT molecular complexity index is 772. The highest BCUT2D eigenvalue weighted by Crippen LogP contribution is 2.77. The van der Waals surface area contributed by atoms with Gasteiger partial charge in [0.25, 0.3) is 0 Å². The van der Waals surface area contributed by atoms with Gasteiger partial charge >= 0.3 is 11.9 Å². The van der Waals surface area contributed by atoms with Crippen molar-refractivity contribution in [2.75, 3.05) is 0 Å². The number of rotatable bonds is 1. The summed E-state index contributed by atoms with van der Waals surface area (Å²) in [5, 5.41) is 31.6. The molecule has 1 spiro atoms. The zero-order chi connectivity index (χ0) is 18.0. The van der Waals surface area contributed by atoms with E-state index in [9.17, 15) is 24.9 Å². The molecule has 1 heterocycles. The van der Waals surface area contributed by atoms with Crippen molar-refractivity contribution in [3.63, 3.8) is 0 Å². The van der Waals surface area contributed by atoms with Crippen LogP contribution in [0.1, 0.15) is 32.6 Å². The maximum absolute atomic E-state index is 12.7. The minimum atomic E-state index is -1.27. The van der Waals surface area contributed by atoms with Gasteiger partial charge in [-0.3, -0.25) is 9.59 Å². The SMILES string of the molecule is C=C1C[C@]23C[C@@]1(O)CC[C@H]2[C@]12C=C[C@H](O)C(C)(C(=O)O1)[C@H]2[C@@H]3C(=O)O. The topological polar surface area (TPSA) is 104 Å². The van der Waals surface area contributed by atoms with Crippen molar-refractivity contribution in [3.8, 4) is 0 Å². The second kappa shape index (κ2) is 4.01. The maximum atomic E-state index is 12.7. The van der Waals surface area contributed by atoms with Crippen molar-refractivity contribution in [1.29, 1.82) is 0 Å². The number of aliphatic hydroxyl groups is 2. The Kier molecular flexibility index (Phi) is 2.50. The summed E-state index contributed by atoms with van der Waals surface area (Å²) in [5.74, 6) is -3.18. The summed E-state index contributed by atoms with van der Waals surface area (Å²) in [6.45, 7) is 5.64. The highest BCUT2D eigenvalue weighted by molar-refractivity contribution is 5.86. The molecule has 0 radical (unpaired) electrons. The van der Waals surface area contributed by atoms with Gasteiger partial charge in [-0.1, -0.05) is 12.7 Å². The number of fused-ring (bicyclic) bond motifs is 1. The molecule has 4 fully saturated rings. The fraction of sp³-hybridized carbons (Fsp3) is 0.684. The zero-order valence-electron chi connectivity index (χ0n) is 14.1. The highest BCUT2D eigenvalue weighted by Gasteiger charge is 2.83. The third kappa shape index (κ3) is 1.36. The second-order valence-corrected chi connectivity index (χ2v) is 8.94. The van der Waals surface area contributed by atoms with E-state index in [0.29, 0.717) is 31.3 Å². The molecule has 0 amide bonds. The molecule has 5 rings (SSSR count). The average molecular weight is 346 g/mol. The molecule has 3 saturated carbocycles. The number of hydrogen-bond acceptors (Lipinski definition) is 5. The number of aliphatic hydroxyl groups excluding tert-OH is 1. The van der Waals surface area contributed by atoms with Gasteiger partial charge in [-0.15, -0.1) is 0 Å². The molecular formula is C19H22O6. The first-order valence-electron chi connectivity index (χ1n) is 8.86. The molecule has 5 aliphatic rings. The Labute approximate surface area is 145 Å². The van der Waals surface area contributed by atoms with Gasteiger partial charge < -0.3 is 20.1 Å². The molecular weight excluding hydrogens is 324 g/mol. The van der Waals surface area contributed by atoms with Crippen LogP contribution in [0.4, 0.5) is 0 Å². The maximum Gasteiger partial charge on any atom is 0.316 e. The van der Waals surface area contributed by atoms with Gasteiger partial charge in [-0.05, 0) is 49.7 Å². The van der Waals surface area contributed by atoms with Crippen molar-refractivity contribution >= 4 is 11.9 Å². The molecule has 1 aliphatic heterocycles. The van der Waals surface area contributed by atoms with E-state index in [1.807, 2.05) is 0 Å². The van der Waals surface area contributed by atoms with Crippen LogP contribution in [0.25, 0.3) is 0 Å². The smallest absolute Gasteiger partial charge is 0.316 e. The van der Waals surface area contributed by atoms with Crippen LogP contribution in [-0.2, 0) is 14.3 Å². The Hall–Kier alpha value is -1.66. The summed E-state index contributed by atoms with van der Waals surface area (Å²) in [5.41, 5.74) is -3.29. The van der Waals surface area contributed by atoms with Gasteiger partial charge in [0.1, 0.15) is 11.0 Å². The van der Waals surface area contributed by atoms with Gasteiger partial charge in [0.2, 0.25) is 0 Å². The minimum Gasteiger partial charge on any atom is -0.481 e. The Balaban J connectivity index is 1.78. The Morgan fingerprint density at radius 1 is 1.44 bits per heavy atom. The molecule has 4 bridgehead atoms. The fourth-order valence-electron chi connectivity index (χ4n) is 7.13. The number of aliphatic carboxylic acids is 1. The second-order valence-electron chi connectivity index (χ2n) is 8.94. The number of esters is 1. The van der Waals surface area contributed by atoms with Crippen LogP contribution >= 0.6 is 0 Å². The van der Waals surface area contributed by atoms with E-state index in [1.165, 1.54) is 0 Å². The third-order valence-electron chi connectivity index (χ3n) is 8.12. The van der Waals surface area contributed by atoms with E-state index >= 15 is 0 Å². The van der Waals surface area contributed by atoms with Crippen LogP contribution in [0.15, 0.2) is 24.3 Å². The van der Waals surface area contributed by atoms with Gasteiger partial charge in [-0.25, -0.2) is 0 Å². The number of carboxylic acid groups (broad SMARTS) is 1. The number of ether oxygens (including phenoxy) is 1. The van der Waals surface area contributed by atoms with Crippen molar-refractivity contribution in [1.82, 2.24) is 0 Å². The normalized spacial score (nSPS) is 58.0. The van der Waals surface area contributed by atoms with Gasteiger partial charge in [-0.2, -0.15) is 0 Å². The molecule has 0 aromatic heterocycles. The van der Waals surface area contributed by atoms with Crippen LogP contribution in [0, 0.1) is 28.6 Å². The standard InChI is InChI=1S/C19H22O6/c1-9-7-17-8-18(9,24)5-3-10(17)19-6-4-11(20)16(2,15(23)25-19)13(19)12(17)14(21)22/h4,6,10-13,20,24H,1,3,5,7-8H2,2H3,(H,21,22)/t10-,11+,12-,13-,16?,17+,18+,19+/m1/s1. The number of carbonyl (C=O) groups is 2. The summed E-state index contributed by atoms with van der Waals surface area (Å²) >= 11 is 0. The van der Waals surface area contributed by atoms with E-state index in [4.69, 9.17) is 4.74 Å². The molecule has 4 aliphatic carbocycles. The number of carbonyl (C=O) groups excluding carboxylic acids is 1. The van der Waals surface area contributed by atoms with Crippen LogP contribution in [-0.4, -0.2) is 44.6 Å². The summed E-state index contributed by atoms with van der Waals surface area (Å²) < 4.78 is 5.87. The Morgan fingerprint density at radius 2 is 2.16 bits per heavy atom. The van der Waals surface area contributed by atoms with Gasteiger partial charge in [0.15, 0.2) is 0 Å². The van der Waals surface area contributed by atoms with Crippen LogP contribution in [0.3, 0.4) is 0 Å². The molecule has 6 heteroatoms. The van der Waals surface area contributed by atoms with Crippen LogP contribution in [0.5, 0.6) is 0 Å². The molecule has 1 unspecified atom stereocenters. The van der Waals surface area contributed by atoms with Crippen molar-refractivity contribution in [2.45, 2.75) is 49.9 Å². The molecule has 3 N–H and O–H groups in total. The van der Waals surface area contributed by atoms with Gasteiger partial charge in [0, 0.05) is 11.8 Å². The summed E-state index contributed by atoms with van der Waals surface area (Å²) in [6.07, 6.45) is 4.11. The fourth-order valence-corrected chi connectivity index (χ4v) is 7.13. The lowest BCUT2D eigenvalue weighted by Crippen LogP contribution is -2.50. The molecule has 134 valence electrons. The van der Waals surface area contributed by atoms with Gasteiger partial charge in [0.05, 0.1) is 17.6 Å². The van der Waals surface area contributed by atoms with E-state index in [2.05, 4.69) is 6.58 Å². The summed E-state index contributed by atoms with van der Waals surface area (Å²) in [4.78, 5) is 25.1. The lowest BCUT2D eigenvalue weighted by molar-refractivity contribution is -0.163. The monoisotopic (exact) mass is 346 g/mol. The van der Waals surface area contributed by atoms with Crippen molar-refractivity contribution in [2.24, 2.45) is 28.6 Å². The quantitative estimate of drug-likeness (QED) is 0.484. The molecule has 0 aromatic rings. The average Bonchev–Trinajstić information content (AvgIpc) is 2.95. The van der Waals surface area contributed by atoms with Crippen molar-refractivity contribution in [3.05, 3.63) is 24.3 Å². The molecule has 6 nitrogen and oxygen atoms in total. The first kappa shape index (κ1) is 15.6. The summed E-state index contributed by atoms with van der Waals surface area (Å²) in [7, 11) is 0. The van der Waals surface area contributed by atoms with Crippen molar-refractivity contribution < 1.29 is 29.6 Å². The van der Waals surface area contributed by atoms with E-state index in [0.717, 1.165) is 0 Å². The predicted octanol–water partition coefficient (Wildman–Crippen LogP) is 1.03.